The van der Waals surface area contributed by atoms with Gasteiger partial charge in [0.05, 0.1) is 24.6 Å². The highest BCUT2D eigenvalue weighted by atomic mass is 32.1. The molecule has 0 aliphatic heterocycles. The van der Waals surface area contributed by atoms with E-state index in [1.165, 1.54) is 11.3 Å². The molecule has 1 aromatic heterocycles. The average molecular weight is 358 g/mol. The number of thiazole rings is 1. The molecule has 1 aromatic carbocycles. The van der Waals surface area contributed by atoms with Crippen LogP contribution in [0.4, 0.5) is 5.13 Å². The Morgan fingerprint density at radius 3 is 2.52 bits per heavy atom. The Labute approximate surface area is 149 Å². The fraction of sp³-hybridized carbons (Fsp3) is 0.278. The van der Waals surface area contributed by atoms with Gasteiger partial charge in [-0.1, -0.05) is 12.2 Å². The van der Waals surface area contributed by atoms with Gasteiger partial charge in [0.1, 0.15) is 5.75 Å². The summed E-state index contributed by atoms with van der Waals surface area (Å²) in [5.74, 6) is -1.74. The number of aromatic nitrogens is 1. The van der Waals surface area contributed by atoms with E-state index in [0.717, 1.165) is 17.0 Å². The van der Waals surface area contributed by atoms with Crippen LogP contribution in [0.15, 0.2) is 41.8 Å². The first-order valence-electron chi connectivity index (χ1n) is 7.87. The summed E-state index contributed by atoms with van der Waals surface area (Å²) in [6, 6.07) is 7.48. The average Bonchev–Trinajstić information content (AvgIpc) is 3.10. The van der Waals surface area contributed by atoms with Crippen molar-refractivity contribution >= 4 is 28.3 Å². The summed E-state index contributed by atoms with van der Waals surface area (Å²) >= 11 is 1.32. The zero-order valence-electron chi connectivity index (χ0n) is 13.6. The Kier molecular flexibility index (Phi) is 5.14. The van der Waals surface area contributed by atoms with Gasteiger partial charge < -0.3 is 15.2 Å². The summed E-state index contributed by atoms with van der Waals surface area (Å²) in [7, 11) is 1.61. The van der Waals surface area contributed by atoms with Gasteiger partial charge >= 0.3 is 5.97 Å². The number of carboxylic acids is 1. The van der Waals surface area contributed by atoms with Gasteiger partial charge in [-0.2, -0.15) is 0 Å². The van der Waals surface area contributed by atoms with Gasteiger partial charge in [0.2, 0.25) is 5.91 Å². The van der Waals surface area contributed by atoms with Crippen LogP contribution < -0.4 is 10.1 Å². The maximum absolute atomic E-state index is 12.5. The Morgan fingerprint density at radius 2 is 1.88 bits per heavy atom. The van der Waals surface area contributed by atoms with Gasteiger partial charge in [-0.25, -0.2) is 4.98 Å². The number of nitrogens with zero attached hydrogens (tertiary/aromatic N) is 1. The van der Waals surface area contributed by atoms with Crippen molar-refractivity contribution < 1.29 is 19.4 Å². The number of amides is 1. The van der Waals surface area contributed by atoms with Crippen molar-refractivity contribution in [1.82, 2.24) is 4.98 Å². The van der Waals surface area contributed by atoms with E-state index < -0.39 is 17.8 Å². The van der Waals surface area contributed by atoms with E-state index in [1.807, 2.05) is 41.8 Å². The van der Waals surface area contributed by atoms with Crippen LogP contribution in [0.25, 0.3) is 11.3 Å². The number of carboxylic acid groups (broad SMARTS) is 1. The largest absolute Gasteiger partial charge is 0.497 e. The molecule has 2 atom stereocenters. The third-order valence-electron chi connectivity index (χ3n) is 4.21. The van der Waals surface area contributed by atoms with Crippen LogP contribution in [0.2, 0.25) is 0 Å². The summed E-state index contributed by atoms with van der Waals surface area (Å²) < 4.78 is 5.13. The molecule has 0 saturated carbocycles. The molecule has 25 heavy (non-hydrogen) atoms. The van der Waals surface area contributed by atoms with Gasteiger partial charge in [-0.05, 0) is 37.1 Å². The van der Waals surface area contributed by atoms with E-state index in [2.05, 4.69) is 10.3 Å². The maximum atomic E-state index is 12.5. The normalized spacial score (nSPS) is 19.4. The van der Waals surface area contributed by atoms with Crippen molar-refractivity contribution in [2.24, 2.45) is 11.8 Å². The summed E-state index contributed by atoms with van der Waals surface area (Å²) in [6.07, 6.45) is 4.48. The minimum atomic E-state index is -0.942. The summed E-state index contributed by atoms with van der Waals surface area (Å²) in [6.45, 7) is 0. The zero-order valence-corrected chi connectivity index (χ0v) is 14.5. The molecule has 0 radical (unpaired) electrons. The third-order valence-corrected chi connectivity index (χ3v) is 4.96. The van der Waals surface area contributed by atoms with Crippen LogP contribution >= 0.6 is 11.3 Å². The molecule has 0 bridgehead atoms. The lowest BCUT2D eigenvalue weighted by atomic mass is 9.82. The second kappa shape index (κ2) is 7.48. The number of rotatable bonds is 5. The lowest BCUT2D eigenvalue weighted by Crippen LogP contribution is -2.34. The van der Waals surface area contributed by atoms with Crippen molar-refractivity contribution in [3.63, 3.8) is 0 Å². The van der Waals surface area contributed by atoms with E-state index >= 15 is 0 Å². The molecular weight excluding hydrogens is 340 g/mol. The maximum Gasteiger partial charge on any atom is 0.307 e. The van der Waals surface area contributed by atoms with Gasteiger partial charge in [0.15, 0.2) is 5.13 Å². The van der Waals surface area contributed by atoms with Crippen LogP contribution in [-0.2, 0) is 9.59 Å². The molecule has 7 heteroatoms. The summed E-state index contributed by atoms with van der Waals surface area (Å²) in [4.78, 5) is 28.2. The molecule has 3 rings (SSSR count). The number of carbonyl (C=O) groups excluding carboxylic acids is 1. The number of anilines is 1. The Morgan fingerprint density at radius 1 is 1.20 bits per heavy atom. The number of methoxy groups -OCH3 is 1. The highest BCUT2D eigenvalue weighted by molar-refractivity contribution is 7.14. The molecule has 0 unspecified atom stereocenters. The van der Waals surface area contributed by atoms with Gasteiger partial charge in [0, 0.05) is 10.9 Å². The number of carbonyl (C=O) groups is 2. The van der Waals surface area contributed by atoms with Crippen molar-refractivity contribution in [3.8, 4) is 17.0 Å². The topological polar surface area (TPSA) is 88.5 Å². The quantitative estimate of drug-likeness (QED) is 0.800. The highest BCUT2D eigenvalue weighted by Gasteiger charge is 2.34. The second-order valence-corrected chi connectivity index (χ2v) is 6.61. The summed E-state index contributed by atoms with van der Waals surface area (Å²) in [5.41, 5.74) is 1.67. The minimum absolute atomic E-state index is 0.299. The molecule has 2 aromatic rings. The lowest BCUT2D eigenvalue weighted by Gasteiger charge is -2.23. The number of benzene rings is 1. The fourth-order valence-electron chi connectivity index (χ4n) is 2.80. The number of nitrogens with one attached hydrogen (secondary N) is 1. The molecule has 130 valence electrons. The van der Waals surface area contributed by atoms with Gasteiger partial charge in [0.25, 0.3) is 0 Å². The predicted molar refractivity (Wildman–Crippen MR) is 95.7 cm³/mol. The van der Waals surface area contributed by atoms with E-state index in [4.69, 9.17) is 4.74 Å². The van der Waals surface area contributed by atoms with Gasteiger partial charge in [-0.3, -0.25) is 9.59 Å². The van der Waals surface area contributed by atoms with Gasteiger partial charge in [-0.15, -0.1) is 11.3 Å². The SMILES string of the molecule is COc1ccc(-c2csc(NC(=O)[C@H]3CC=CC[C@H]3C(=O)O)n2)cc1. The molecule has 1 aliphatic rings. The Hall–Kier alpha value is -2.67. The number of hydrogen-bond acceptors (Lipinski definition) is 5. The van der Waals surface area contributed by atoms with Crippen molar-refractivity contribution in [2.45, 2.75) is 12.8 Å². The minimum Gasteiger partial charge on any atom is -0.497 e. The van der Waals surface area contributed by atoms with Crippen LogP contribution in [0.3, 0.4) is 0 Å². The molecule has 2 N–H and O–H groups in total. The molecular formula is C18H18N2O4S. The monoisotopic (exact) mass is 358 g/mol. The Bertz CT molecular complexity index is 798. The van der Waals surface area contributed by atoms with Crippen molar-refractivity contribution in [1.29, 1.82) is 0 Å². The standard InChI is InChI=1S/C18H18N2O4S/c1-24-12-8-6-11(7-9-12)15-10-25-18(19-15)20-16(21)13-4-2-3-5-14(13)17(22)23/h2-3,6-10,13-14H,4-5H2,1H3,(H,22,23)(H,19,20,21)/t13-,14+/m0/s1. The molecule has 0 spiro atoms. The number of hydrogen-bond donors (Lipinski definition) is 2. The highest BCUT2D eigenvalue weighted by Crippen LogP contribution is 2.30. The molecule has 0 saturated heterocycles. The number of ether oxygens (including phenoxy) is 1. The lowest BCUT2D eigenvalue weighted by molar-refractivity contribution is -0.146. The molecule has 1 amide bonds. The Balaban J connectivity index is 1.71. The van der Waals surface area contributed by atoms with Crippen LogP contribution in [-0.4, -0.2) is 29.1 Å². The van der Waals surface area contributed by atoms with E-state index in [-0.39, 0.29) is 5.91 Å². The molecule has 0 fully saturated rings. The van der Waals surface area contributed by atoms with Crippen LogP contribution in [0.1, 0.15) is 12.8 Å². The van der Waals surface area contributed by atoms with E-state index in [1.54, 1.807) is 7.11 Å². The first-order chi connectivity index (χ1) is 12.1. The molecule has 6 nitrogen and oxygen atoms in total. The smallest absolute Gasteiger partial charge is 0.307 e. The first kappa shape index (κ1) is 17.2. The second-order valence-electron chi connectivity index (χ2n) is 5.75. The molecule has 1 aliphatic carbocycles. The van der Waals surface area contributed by atoms with Crippen LogP contribution in [0, 0.1) is 11.8 Å². The predicted octanol–water partition coefficient (Wildman–Crippen LogP) is 3.42. The fourth-order valence-corrected chi connectivity index (χ4v) is 3.52. The van der Waals surface area contributed by atoms with Crippen molar-refractivity contribution in [3.05, 3.63) is 41.8 Å². The van der Waals surface area contributed by atoms with E-state index in [9.17, 15) is 14.7 Å². The molecule has 1 heterocycles. The van der Waals surface area contributed by atoms with Crippen molar-refractivity contribution in [2.75, 3.05) is 12.4 Å². The summed E-state index contributed by atoms with van der Waals surface area (Å²) in [5, 5.41) is 14.4. The zero-order chi connectivity index (χ0) is 17.8. The number of aliphatic carboxylic acids is 1. The van der Waals surface area contributed by atoms with Crippen LogP contribution in [0.5, 0.6) is 5.75 Å². The number of allylic oxidation sites excluding steroid dienone is 2. The first-order valence-corrected chi connectivity index (χ1v) is 8.75. The third kappa shape index (κ3) is 3.88. The van der Waals surface area contributed by atoms with E-state index in [0.29, 0.717) is 18.0 Å².